The summed E-state index contributed by atoms with van der Waals surface area (Å²) in [5.41, 5.74) is 6.63. The van der Waals surface area contributed by atoms with E-state index < -0.39 is 4.32 Å². The van der Waals surface area contributed by atoms with Gasteiger partial charge in [-0.25, -0.2) is 0 Å². The molecular formula is C11H14BrNO3. The Kier molecular flexibility index (Phi) is 3.80. The number of phenols is 1. The maximum absolute atomic E-state index is 11.4. The van der Waals surface area contributed by atoms with Crippen molar-refractivity contribution in [2.45, 2.75) is 24.8 Å². The number of carbonyl (C=O) groups is 1. The Labute approximate surface area is 103 Å². The molecular weight excluding hydrogens is 274 g/mol. The number of ether oxygens (including phenoxy) is 1. The first-order valence-electron chi connectivity index (χ1n) is 4.73. The molecule has 1 aromatic rings. The van der Waals surface area contributed by atoms with Crippen LogP contribution in [0.25, 0.3) is 0 Å². The van der Waals surface area contributed by atoms with Crippen LogP contribution in [0.5, 0.6) is 5.75 Å². The molecule has 0 saturated heterocycles. The average molecular weight is 288 g/mol. The summed E-state index contributed by atoms with van der Waals surface area (Å²) >= 11 is 3.20. The standard InChI is InChI=1S/C11H14BrNO3/c1-11(2,12)10(15)16-6-7-3-8(13)5-9(14)4-7/h3-5,14H,6,13H2,1-2H3. The molecule has 0 amide bonds. The van der Waals surface area contributed by atoms with E-state index in [0.29, 0.717) is 11.3 Å². The van der Waals surface area contributed by atoms with Crippen LogP contribution in [0.4, 0.5) is 5.69 Å². The number of nitrogen functional groups attached to an aromatic ring is 1. The number of anilines is 1. The van der Waals surface area contributed by atoms with Crippen LogP contribution in [0.15, 0.2) is 18.2 Å². The number of halogens is 1. The lowest BCUT2D eigenvalue weighted by molar-refractivity contribution is -0.146. The zero-order valence-electron chi connectivity index (χ0n) is 9.16. The molecule has 88 valence electrons. The maximum Gasteiger partial charge on any atom is 0.322 e. The fourth-order valence-corrected chi connectivity index (χ4v) is 1.22. The molecule has 0 radical (unpaired) electrons. The van der Waals surface area contributed by atoms with Gasteiger partial charge in [-0.15, -0.1) is 0 Å². The van der Waals surface area contributed by atoms with Crippen LogP contribution in [-0.2, 0) is 16.1 Å². The van der Waals surface area contributed by atoms with Gasteiger partial charge in [0.25, 0.3) is 0 Å². The smallest absolute Gasteiger partial charge is 0.322 e. The Bertz CT molecular complexity index is 378. The minimum absolute atomic E-state index is 0.0594. The molecule has 1 aromatic carbocycles. The largest absolute Gasteiger partial charge is 0.508 e. The van der Waals surface area contributed by atoms with Gasteiger partial charge in [0.2, 0.25) is 0 Å². The van der Waals surface area contributed by atoms with Crippen molar-refractivity contribution in [1.82, 2.24) is 0 Å². The van der Waals surface area contributed by atoms with E-state index in [-0.39, 0.29) is 18.3 Å². The summed E-state index contributed by atoms with van der Waals surface area (Å²) in [7, 11) is 0. The minimum Gasteiger partial charge on any atom is -0.508 e. The predicted molar refractivity (Wildman–Crippen MR) is 65.3 cm³/mol. The Balaban J connectivity index is 2.65. The Morgan fingerprint density at radius 3 is 2.62 bits per heavy atom. The lowest BCUT2D eigenvalue weighted by Gasteiger charge is -2.15. The van der Waals surface area contributed by atoms with E-state index in [4.69, 9.17) is 10.5 Å². The quantitative estimate of drug-likeness (QED) is 0.508. The normalized spacial score (nSPS) is 11.2. The summed E-state index contributed by atoms with van der Waals surface area (Å²) in [5.74, 6) is -0.307. The summed E-state index contributed by atoms with van der Waals surface area (Å²) in [6.07, 6.45) is 0. The third-order valence-corrected chi connectivity index (χ3v) is 2.18. The number of carbonyl (C=O) groups excluding carboxylic acids is 1. The van der Waals surface area contributed by atoms with E-state index in [1.54, 1.807) is 19.9 Å². The highest BCUT2D eigenvalue weighted by molar-refractivity contribution is 9.10. The zero-order chi connectivity index (χ0) is 12.3. The van der Waals surface area contributed by atoms with Crippen LogP contribution >= 0.6 is 15.9 Å². The molecule has 0 unspecified atom stereocenters. The SMILES string of the molecule is CC(C)(Br)C(=O)OCc1cc(N)cc(O)c1. The van der Waals surface area contributed by atoms with Gasteiger partial charge >= 0.3 is 5.97 Å². The van der Waals surface area contributed by atoms with Crippen molar-refractivity contribution in [3.8, 4) is 5.75 Å². The number of hydrogen-bond donors (Lipinski definition) is 2. The lowest BCUT2D eigenvalue weighted by Crippen LogP contribution is -2.26. The molecule has 3 N–H and O–H groups in total. The molecule has 0 saturated carbocycles. The van der Waals surface area contributed by atoms with Gasteiger partial charge in [-0.2, -0.15) is 0 Å². The summed E-state index contributed by atoms with van der Waals surface area (Å²) in [5, 5.41) is 9.29. The van der Waals surface area contributed by atoms with Gasteiger partial charge in [-0.3, -0.25) is 4.79 Å². The first kappa shape index (κ1) is 12.8. The highest BCUT2D eigenvalue weighted by atomic mass is 79.9. The van der Waals surface area contributed by atoms with E-state index in [0.717, 1.165) is 0 Å². The first-order chi connectivity index (χ1) is 7.29. The van der Waals surface area contributed by atoms with Crippen LogP contribution in [0.1, 0.15) is 19.4 Å². The second-order valence-electron chi connectivity index (χ2n) is 3.98. The second-order valence-corrected chi connectivity index (χ2v) is 5.96. The lowest BCUT2D eigenvalue weighted by atomic mass is 10.2. The van der Waals surface area contributed by atoms with Gasteiger partial charge in [-0.05, 0) is 31.5 Å². The zero-order valence-corrected chi connectivity index (χ0v) is 10.7. The maximum atomic E-state index is 11.4. The molecule has 5 heteroatoms. The summed E-state index contributed by atoms with van der Waals surface area (Å²) in [4.78, 5) is 11.4. The molecule has 0 aliphatic heterocycles. The van der Waals surface area contributed by atoms with Crippen molar-refractivity contribution in [3.05, 3.63) is 23.8 Å². The van der Waals surface area contributed by atoms with Gasteiger partial charge in [0.1, 0.15) is 16.7 Å². The van der Waals surface area contributed by atoms with Crippen molar-refractivity contribution < 1.29 is 14.6 Å². The fraction of sp³-hybridized carbons (Fsp3) is 0.364. The molecule has 0 spiro atoms. The van der Waals surface area contributed by atoms with E-state index >= 15 is 0 Å². The molecule has 0 bridgehead atoms. The third-order valence-electron chi connectivity index (χ3n) is 1.86. The van der Waals surface area contributed by atoms with Crippen LogP contribution in [-0.4, -0.2) is 15.4 Å². The minimum atomic E-state index is -0.713. The van der Waals surface area contributed by atoms with Crippen LogP contribution in [0, 0.1) is 0 Å². The van der Waals surface area contributed by atoms with Crippen molar-refractivity contribution >= 4 is 27.6 Å². The van der Waals surface area contributed by atoms with E-state index in [1.165, 1.54) is 12.1 Å². The number of hydrogen-bond acceptors (Lipinski definition) is 4. The average Bonchev–Trinajstić information content (AvgIpc) is 2.11. The molecule has 0 fully saturated rings. The number of alkyl halides is 1. The molecule has 0 aromatic heterocycles. The van der Waals surface area contributed by atoms with Crippen LogP contribution < -0.4 is 5.73 Å². The Hall–Kier alpha value is -1.23. The molecule has 0 aliphatic rings. The number of phenolic OH excluding ortho intramolecular Hbond substituents is 1. The molecule has 4 nitrogen and oxygen atoms in total. The predicted octanol–water partition coefficient (Wildman–Crippen LogP) is 2.19. The topological polar surface area (TPSA) is 72.5 Å². The van der Waals surface area contributed by atoms with Crippen molar-refractivity contribution in [2.75, 3.05) is 5.73 Å². The number of benzene rings is 1. The molecule has 0 aliphatic carbocycles. The van der Waals surface area contributed by atoms with E-state index in [1.807, 2.05) is 0 Å². The van der Waals surface area contributed by atoms with Gasteiger partial charge in [0, 0.05) is 11.8 Å². The second kappa shape index (κ2) is 4.74. The third kappa shape index (κ3) is 3.73. The first-order valence-corrected chi connectivity index (χ1v) is 5.53. The van der Waals surface area contributed by atoms with E-state index in [2.05, 4.69) is 15.9 Å². The van der Waals surface area contributed by atoms with Gasteiger partial charge < -0.3 is 15.6 Å². The van der Waals surface area contributed by atoms with E-state index in [9.17, 15) is 9.90 Å². The number of esters is 1. The number of rotatable bonds is 3. The van der Waals surface area contributed by atoms with Crippen molar-refractivity contribution in [3.63, 3.8) is 0 Å². The monoisotopic (exact) mass is 287 g/mol. The number of aromatic hydroxyl groups is 1. The van der Waals surface area contributed by atoms with Crippen LogP contribution in [0.2, 0.25) is 0 Å². The molecule has 0 heterocycles. The molecule has 16 heavy (non-hydrogen) atoms. The van der Waals surface area contributed by atoms with Gasteiger partial charge in [-0.1, -0.05) is 15.9 Å². The van der Waals surface area contributed by atoms with Gasteiger partial charge in [0.15, 0.2) is 0 Å². The number of nitrogens with two attached hydrogens (primary N) is 1. The van der Waals surface area contributed by atoms with Crippen LogP contribution in [0.3, 0.4) is 0 Å². The summed E-state index contributed by atoms with van der Waals surface area (Å²) in [6.45, 7) is 3.49. The van der Waals surface area contributed by atoms with Gasteiger partial charge in [0.05, 0.1) is 0 Å². The Morgan fingerprint density at radius 1 is 1.50 bits per heavy atom. The highest BCUT2D eigenvalue weighted by Gasteiger charge is 2.25. The fourth-order valence-electron chi connectivity index (χ4n) is 1.10. The van der Waals surface area contributed by atoms with Crippen molar-refractivity contribution in [1.29, 1.82) is 0 Å². The molecule has 1 rings (SSSR count). The Morgan fingerprint density at radius 2 is 2.12 bits per heavy atom. The summed E-state index contributed by atoms with van der Waals surface area (Å²) in [6, 6.07) is 4.58. The van der Waals surface area contributed by atoms with Crippen molar-refractivity contribution in [2.24, 2.45) is 0 Å². The molecule has 0 atom stereocenters. The highest BCUT2D eigenvalue weighted by Crippen LogP contribution is 2.21. The summed E-state index contributed by atoms with van der Waals surface area (Å²) < 4.78 is 4.34.